The number of fused-ring (bicyclic) bond motifs is 2. The largest absolute Gasteiger partial charge is 0.511 e. The molecule has 0 amide bonds. The summed E-state index contributed by atoms with van der Waals surface area (Å²) < 4.78 is 48.8. The summed E-state index contributed by atoms with van der Waals surface area (Å²) in [5.74, 6) is -3.17. The molecule has 1 saturated carbocycles. The Kier molecular flexibility index (Phi) is 4.64. The van der Waals surface area contributed by atoms with E-state index in [0.29, 0.717) is 19.2 Å². The van der Waals surface area contributed by atoms with Gasteiger partial charge < -0.3 is 20.5 Å². The molecule has 0 bridgehead atoms. The number of benzene rings is 1. The van der Waals surface area contributed by atoms with Crippen molar-refractivity contribution in [3.8, 4) is 11.4 Å². The highest BCUT2D eigenvalue weighted by atomic mass is 19.1. The van der Waals surface area contributed by atoms with Gasteiger partial charge >= 0.3 is 6.16 Å². The summed E-state index contributed by atoms with van der Waals surface area (Å²) in [6.45, 7) is 3.05. The molecule has 5 rings (SSSR count). The molecule has 1 aliphatic heterocycles. The van der Waals surface area contributed by atoms with E-state index in [1.54, 1.807) is 4.90 Å². The number of pyridine rings is 2. The minimum atomic E-state index is -1.78. The van der Waals surface area contributed by atoms with Gasteiger partial charge in [0, 0.05) is 25.2 Å². The number of nitrogens with two attached hydrogens (primary N) is 1. The highest BCUT2D eigenvalue weighted by Gasteiger charge is 2.55. The first-order valence-electron chi connectivity index (χ1n) is 10.2. The van der Waals surface area contributed by atoms with Crippen molar-refractivity contribution in [1.29, 1.82) is 0 Å². The van der Waals surface area contributed by atoms with Crippen LogP contribution >= 0.6 is 0 Å². The SMILES string of the molecule is C[C@]12C[C@H](N)[C@@H]1CN(c1nc3c(cc1F)c(=O)c(OC(=O)O)cn3-c1ccc(F)cc1F)C2. The maximum atomic E-state index is 15.1. The zero-order chi connectivity index (χ0) is 23.7. The van der Waals surface area contributed by atoms with E-state index in [9.17, 15) is 18.4 Å². The van der Waals surface area contributed by atoms with Crippen LogP contribution in [0.4, 0.5) is 23.8 Å². The van der Waals surface area contributed by atoms with Crippen LogP contribution in [0.15, 0.2) is 35.3 Å². The molecule has 2 aliphatic rings. The highest BCUT2D eigenvalue weighted by Crippen LogP contribution is 2.51. The molecule has 11 heteroatoms. The van der Waals surface area contributed by atoms with Gasteiger partial charge in [-0.1, -0.05) is 6.92 Å². The molecule has 2 fully saturated rings. The van der Waals surface area contributed by atoms with Crippen molar-refractivity contribution in [1.82, 2.24) is 9.55 Å². The van der Waals surface area contributed by atoms with E-state index >= 15 is 4.39 Å². The van der Waals surface area contributed by atoms with Gasteiger partial charge in [-0.25, -0.2) is 22.9 Å². The van der Waals surface area contributed by atoms with Crippen LogP contribution in [0, 0.1) is 28.8 Å². The summed E-state index contributed by atoms with van der Waals surface area (Å²) >= 11 is 0. The fourth-order valence-electron chi connectivity index (χ4n) is 5.06. The van der Waals surface area contributed by atoms with Gasteiger partial charge in [0.25, 0.3) is 0 Å². The molecule has 0 unspecified atom stereocenters. The zero-order valence-electron chi connectivity index (χ0n) is 17.4. The number of nitrogens with zero attached hydrogens (tertiary/aromatic N) is 3. The minimum absolute atomic E-state index is 0.00531. The Morgan fingerprint density at radius 1 is 1.27 bits per heavy atom. The average molecular weight is 460 g/mol. The fraction of sp³-hybridized carbons (Fsp3) is 0.318. The lowest BCUT2D eigenvalue weighted by atomic mass is 9.60. The quantitative estimate of drug-likeness (QED) is 0.578. The summed E-state index contributed by atoms with van der Waals surface area (Å²) in [7, 11) is 0. The second-order valence-corrected chi connectivity index (χ2v) is 8.83. The molecule has 1 saturated heterocycles. The summed E-state index contributed by atoms with van der Waals surface area (Å²) in [5, 5.41) is 8.64. The third-order valence-electron chi connectivity index (χ3n) is 6.63. The van der Waals surface area contributed by atoms with E-state index in [4.69, 9.17) is 10.8 Å². The van der Waals surface area contributed by atoms with E-state index in [1.165, 1.54) is 0 Å². The summed E-state index contributed by atoms with van der Waals surface area (Å²) in [6, 6.07) is 3.65. The first kappa shape index (κ1) is 21.3. The molecule has 1 aromatic carbocycles. The molecule has 3 aromatic rings. The summed E-state index contributed by atoms with van der Waals surface area (Å²) in [4.78, 5) is 29.9. The van der Waals surface area contributed by atoms with Crippen LogP contribution in [-0.2, 0) is 0 Å². The number of aromatic nitrogens is 2. The summed E-state index contributed by atoms with van der Waals surface area (Å²) in [6.07, 6.45) is -0.0424. The molecule has 1 aliphatic carbocycles. The number of carbonyl (C=O) groups is 1. The number of halogens is 3. The highest BCUT2D eigenvalue weighted by molar-refractivity contribution is 5.81. The molecule has 3 heterocycles. The number of rotatable bonds is 3. The van der Waals surface area contributed by atoms with Crippen molar-refractivity contribution in [2.45, 2.75) is 19.4 Å². The Bertz CT molecular complexity index is 1380. The third-order valence-corrected chi connectivity index (χ3v) is 6.63. The Morgan fingerprint density at radius 2 is 2.03 bits per heavy atom. The van der Waals surface area contributed by atoms with Gasteiger partial charge in [-0.2, -0.15) is 0 Å². The monoisotopic (exact) mass is 460 g/mol. The van der Waals surface area contributed by atoms with Gasteiger partial charge in [-0.3, -0.25) is 9.36 Å². The average Bonchev–Trinajstić information content (AvgIpc) is 3.00. The van der Waals surface area contributed by atoms with Crippen molar-refractivity contribution in [3.05, 3.63) is 58.1 Å². The number of anilines is 1. The number of hydrogen-bond acceptors (Lipinski definition) is 6. The maximum Gasteiger partial charge on any atom is 0.511 e. The first-order chi connectivity index (χ1) is 15.6. The minimum Gasteiger partial charge on any atom is -0.449 e. The van der Waals surface area contributed by atoms with Crippen LogP contribution < -0.4 is 20.8 Å². The van der Waals surface area contributed by atoms with Gasteiger partial charge in [0.1, 0.15) is 11.6 Å². The lowest BCUT2D eigenvalue weighted by molar-refractivity contribution is 0.0771. The standard InChI is InChI=1S/C22H19F3N4O4/c1-22-6-15(26)12(22)7-28(9-22)20-14(25)5-11-18(30)17(33-21(31)32)8-29(19(11)27-20)16-3-2-10(23)4-13(16)24/h2-5,8,12,15H,6-7,9,26H2,1H3,(H,31,32)/t12-,15-,22+/m0/s1. The van der Waals surface area contributed by atoms with Crippen molar-refractivity contribution >= 4 is 23.0 Å². The van der Waals surface area contributed by atoms with Gasteiger partial charge in [0.05, 0.1) is 17.3 Å². The number of ether oxygens (including phenoxy) is 1. The molecule has 2 aromatic heterocycles. The molecular formula is C22H19F3N4O4. The second-order valence-electron chi connectivity index (χ2n) is 8.83. The molecule has 0 spiro atoms. The van der Waals surface area contributed by atoms with E-state index in [0.717, 1.165) is 35.4 Å². The second kappa shape index (κ2) is 7.20. The van der Waals surface area contributed by atoms with Gasteiger partial charge in [-0.05, 0) is 36.0 Å². The van der Waals surface area contributed by atoms with Gasteiger partial charge in [0.15, 0.2) is 23.0 Å². The van der Waals surface area contributed by atoms with Crippen LogP contribution in [0.3, 0.4) is 0 Å². The molecule has 172 valence electrons. The Hall–Kier alpha value is -3.60. The van der Waals surface area contributed by atoms with E-state index < -0.39 is 34.8 Å². The molecule has 3 N–H and O–H groups in total. The number of hydrogen-bond donors (Lipinski definition) is 2. The predicted octanol–water partition coefficient (Wildman–Crippen LogP) is 3.03. The van der Waals surface area contributed by atoms with Gasteiger partial charge in [-0.15, -0.1) is 0 Å². The molecule has 8 nitrogen and oxygen atoms in total. The lowest BCUT2D eigenvalue weighted by Crippen LogP contribution is -2.53. The molecule has 33 heavy (non-hydrogen) atoms. The van der Waals surface area contributed by atoms with Gasteiger partial charge in [0.2, 0.25) is 5.43 Å². The zero-order valence-corrected chi connectivity index (χ0v) is 17.4. The molecule has 0 radical (unpaired) electrons. The third kappa shape index (κ3) is 3.30. The Morgan fingerprint density at radius 3 is 2.67 bits per heavy atom. The molecule has 3 atom stereocenters. The van der Waals surface area contributed by atoms with Crippen molar-refractivity contribution in [2.24, 2.45) is 17.1 Å². The Balaban J connectivity index is 1.73. The number of carboxylic acid groups (broad SMARTS) is 1. The van der Waals surface area contributed by atoms with Crippen molar-refractivity contribution < 1.29 is 27.8 Å². The van der Waals surface area contributed by atoms with Crippen LogP contribution in [0.2, 0.25) is 0 Å². The van der Waals surface area contributed by atoms with E-state index in [2.05, 4.69) is 16.6 Å². The first-order valence-corrected chi connectivity index (χ1v) is 10.2. The summed E-state index contributed by atoms with van der Waals surface area (Å²) in [5.41, 5.74) is 4.74. The lowest BCUT2D eigenvalue weighted by Gasteiger charge is -2.46. The van der Waals surface area contributed by atoms with Crippen LogP contribution in [0.25, 0.3) is 16.7 Å². The maximum absolute atomic E-state index is 15.1. The van der Waals surface area contributed by atoms with Crippen LogP contribution in [-0.4, -0.2) is 39.9 Å². The topological polar surface area (TPSA) is 111 Å². The predicted molar refractivity (Wildman–Crippen MR) is 112 cm³/mol. The molecular weight excluding hydrogens is 441 g/mol. The van der Waals surface area contributed by atoms with Crippen LogP contribution in [0.5, 0.6) is 5.75 Å². The van der Waals surface area contributed by atoms with E-state index in [-0.39, 0.29) is 39.9 Å². The fourth-order valence-corrected chi connectivity index (χ4v) is 5.06. The van der Waals surface area contributed by atoms with Crippen molar-refractivity contribution in [3.63, 3.8) is 0 Å². The smallest absolute Gasteiger partial charge is 0.449 e. The normalized spacial score (nSPS) is 24.0. The van der Waals surface area contributed by atoms with E-state index in [1.807, 2.05) is 0 Å². The Labute approximate surface area is 185 Å². The van der Waals surface area contributed by atoms with Crippen LogP contribution in [0.1, 0.15) is 13.3 Å². The van der Waals surface area contributed by atoms with Crippen molar-refractivity contribution in [2.75, 3.05) is 18.0 Å².